The summed E-state index contributed by atoms with van der Waals surface area (Å²) in [5, 5.41) is 13.9. The highest BCUT2D eigenvalue weighted by molar-refractivity contribution is 6.08. The predicted molar refractivity (Wildman–Crippen MR) is 141 cm³/mol. The number of urea groups is 1. The van der Waals surface area contributed by atoms with Crippen molar-refractivity contribution < 1.29 is 33.4 Å². The number of nitrogens with one attached hydrogen (secondary N) is 1. The lowest BCUT2D eigenvalue weighted by Crippen LogP contribution is -2.52. The van der Waals surface area contributed by atoms with Crippen LogP contribution in [0.25, 0.3) is 11.0 Å². The van der Waals surface area contributed by atoms with Gasteiger partial charge < -0.3 is 29.2 Å². The molecule has 0 aliphatic carbocycles. The summed E-state index contributed by atoms with van der Waals surface area (Å²) in [5.41, 5.74) is 1.12. The van der Waals surface area contributed by atoms with Crippen molar-refractivity contribution in [1.29, 1.82) is 0 Å². The molecule has 2 aromatic heterocycles. The molecule has 11 heteroatoms. The van der Waals surface area contributed by atoms with Gasteiger partial charge in [0.15, 0.2) is 11.8 Å². The van der Waals surface area contributed by atoms with Crippen LogP contribution in [0.15, 0.2) is 71.3 Å². The molecule has 1 saturated heterocycles. The first-order valence-corrected chi connectivity index (χ1v) is 12.6. The quantitative estimate of drug-likeness (QED) is 0.256. The van der Waals surface area contributed by atoms with E-state index in [1.165, 1.54) is 12.0 Å². The minimum absolute atomic E-state index is 0.157. The summed E-state index contributed by atoms with van der Waals surface area (Å²) in [6.45, 7) is 1.32. The van der Waals surface area contributed by atoms with Crippen molar-refractivity contribution in [1.82, 2.24) is 20.1 Å². The third kappa shape index (κ3) is 4.16. The number of amides is 4. The normalized spacial score (nSPS) is 19.3. The molecule has 40 heavy (non-hydrogen) atoms. The number of hydrogen-bond acceptors (Lipinski definition) is 8. The van der Waals surface area contributed by atoms with Gasteiger partial charge in [0.2, 0.25) is 0 Å². The lowest BCUT2D eigenvalue weighted by Gasteiger charge is -2.29. The SMILES string of the molecule is COc1ccc2c(c1)C(=O)N(C[C@@]1(c3cc4c(C)nccc4o3)NC(=O)N(COC(O)c3ccccc3)C1=O)C2. The first-order chi connectivity index (χ1) is 19.3. The van der Waals surface area contributed by atoms with Crippen LogP contribution in [0, 0.1) is 6.92 Å². The maximum Gasteiger partial charge on any atom is 0.327 e. The molecule has 2 atom stereocenters. The van der Waals surface area contributed by atoms with Crippen molar-refractivity contribution in [2.45, 2.75) is 25.3 Å². The molecule has 4 aromatic rings. The fourth-order valence-corrected chi connectivity index (χ4v) is 5.14. The smallest absolute Gasteiger partial charge is 0.327 e. The van der Waals surface area contributed by atoms with E-state index < -0.39 is 30.5 Å². The van der Waals surface area contributed by atoms with Crippen LogP contribution in [-0.4, -0.2) is 58.1 Å². The fourth-order valence-electron chi connectivity index (χ4n) is 5.14. The summed E-state index contributed by atoms with van der Waals surface area (Å²) in [6, 6.07) is 16.4. The van der Waals surface area contributed by atoms with Gasteiger partial charge in [-0.15, -0.1) is 0 Å². The zero-order chi connectivity index (χ0) is 28.0. The fraction of sp³-hybridized carbons (Fsp3) is 0.241. The maximum atomic E-state index is 14.1. The lowest BCUT2D eigenvalue weighted by atomic mass is 9.94. The van der Waals surface area contributed by atoms with Gasteiger partial charge in [-0.1, -0.05) is 36.4 Å². The number of carbonyl (C=O) groups excluding carboxylic acids is 3. The van der Waals surface area contributed by atoms with Crippen LogP contribution in [0.2, 0.25) is 0 Å². The Kier molecular flexibility index (Phi) is 6.24. The molecule has 2 aromatic carbocycles. The molecule has 11 nitrogen and oxygen atoms in total. The van der Waals surface area contributed by atoms with Crippen LogP contribution in [-0.2, 0) is 21.6 Å². The topological polar surface area (TPSA) is 134 Å². The number of aryl methyl sites for hydroxylation is 1. The Hall–Kier alpha value is -4.74. The number of hydrogen-bond donors (Lipinski definition) is 2. The number of aromatic nitrogens is 1. The van der Waals surface area contributed by atoms with E-state index in [-0.39, 0.29) is 24.8 Å². The number of benzene rings is 2. The highest BCUT2D eigenvalue weighted by Crippen LogP contribution is 2.37. The largest absolute Gasteiger partial charge is 0.497 e. The molecule has 0 bridgehead atoms. The van der Waals surface area contributed by atoms with Gasteiger partial charge in [0.05, 0.1) is 13.7 Å². The summed E-state index contributed by atoms with van der Waals surface area (Å²) in [5.74, 6) is -0.291. The van der Waals surface area contributed by atoms with E-state index in [0.29, 0.717) is 33.5 Å². The number of furan rings is 1. The molecule has 4 heterocycles. The summed E-state index contributed by atoms with van der Waals surface area (Å²) in [7, 11) is 1.52. The molecule has 2 N–H and O–H groups in total. The Labute approximate surface area is 228 Å². The molecule has 2 aliphatic rings. The third-order valence-electron chi connectivity index (χ3n) is 7.31. The highest BCUT2D eigenvalue weighted by atomic mass is 16.6. The van der Waals surface area contributed by atoms with Crippen molar-refractivity contribution >= 4 is 28.8 Å². The third-order valence-corrected chi connectivity index (χ3v) is 7.31. The molecule has 204 valence electrons. The van der Waals surface area contributed by atoms with Crippen LogP contribution in [0.5, 0.6) is 5.75 Å². The second-order valence-electron chi connectivity index (χ2n) is 9.73. The Balaban J connectivity index is 1.34. The zero-order valence-corrected chi connectivity index (χ0v) is 21.8. The van der Waals surface area contributed by atoms with Crippen LogP contribution >= 0.6 is 0 Å². The standard InChI is InChI=1S/C29H26N4O7/c1-17-21-13-24(40-23(21)10-11-30-17)29(15-32-14-19-8-9-20(38-2)12-22(19)25(32)34)27(36)33(28(37)31-29)16-39-26(35)18-6-4-3-5-7-18/h3-13,26,35H,14-16H2,1-2H3,(H,31,37)/t26?,29-/m0/s1. The molecule has 2 aliphatic heterocycles. The van der Waals surface area contributed by atoms with Crippen molar-refractivity contribution in [2.24, 2.45) is 0 Å². The molecule has 6 rings (SSSR count). The summed E-state index contributed by atoms with van der Waals surface area (Å²) >= 11 is 0. The van der Waals surface area contributed by atoms with Gasteiger partial charge in [0, 0.05) is 34.9 Å². The molecule has 1 fully saturated rings. The van der Waals surface area contributed by atoms with E-state index in [2.05, 4.69) is 10.3 Å². The average Bonchev–Trinajstić information content (AvgIpc) is 3.61. The first kappa shape index (κ1) is 25.5. The lowest BCUT2D eigenvalue weighted by molar-refractivity contribution is -0.151. The number of aliphatic hydroxyl groups excluding tert-OH is 1. The van der Waals surface area contributed by atoms with Crippen LogP contribution in [0.3, 0.4) is 0 Å². The number of fused-ring (bicyclic) bond motifs is 2. The van der Waals surface area contributed by atoms with Gasteiger partial charge in [-0.2, -0.15) is 0 Å². The Morgan fingerprint density at radius 2 is 1.93 bits per heavy atom. The van der Waals surface area contributed by atoms with Crippen LogP contribution in [0.4, 0.5) is 4.79 Å². The molecule has 0 saturated carbocycles. The summed E-state index contributed by atoms with van der Waals surface area (Å²) < 4.78 is 16.9. The number of methoxy groups -OCH3 is 1. The van der Waals surface area contributed by atoms with Crippen molar-refractivity contribution in [2.75, 3.05) is 20.4 Å². The van der Waals surface area contributed by atoms with Gasteiger partial charge in [-0.25, -0.2) is 9.69 Å². The average molecular weight is 543 g/mol. The Bertz CT molecular complexity index is 1640. The summed E-state index contributed by atoms with van der Waals surface area (Å²) in [6.07, 6.45) is 0.229. The monoisotopic (exact) mass is 542 g/mol. The van der Waals surface area contributed by atoms with Crippen LogP contribution < -0.4 is 10.1 Å². The molecular weight excluding hydrogens is 516 g/mol. The van der Waals surface area contributed by atoms with Gasteiger partial charge in [-0.05, 0) is 36.8 Å². The maximum absolute atomic E-state index is 14.1. The van der Waals surface area contributed by atoms with Gasteiger partial charge in [0.1, 0.15) is 23.8 Å². The first-order valence-electron chi connectivity index (χ1n) is 12.6. The predicted octanol–water partition coefficient (Wildman–Crippen LogP) is 3.21. The van der Waals surface area contributed by atoms with Gasteiger partial charge in [0.25, 0.3) is 11.8 Å². The van der Waals surface area contributed by atoms with E-state index in [1.807, 2.05) is 6.92 Å². The second-order valence-corrected chi connectivity index (χ2v) is 9.73. The zero-order valence-electron chi connectivity index (χ0n) is 21.8. The summed E-state index contributed by atoms with van der Waals surface area (Å²) in [4.78, 5) is 47.4. The molecule has 0 spiro atoms. The molecular formula is C29H26N4O7. The van der Waals surface area contributed by atoms with Crippen molar-refractivity contribution in [3.63, 3.8) is 0 Å². The number of nitrogens with zero attached hydrogens (tertiary/aromatic N) is 3. The molecule has 4 amide bonds. The van der Waals surface area contributed by atoms with Gasteiger partial charge in [-0.3, -0.25) is 14.6 Å². The van der Waals surface area contributed by atoms with Crippen molar-refractivity contribution in [3.8, 4) is 5.75 Å². The van der Waals surface area contributed by atoms with Crippen LogP contribution in [0.1, 0.15) is 39.2 Å². The number of aliphatic hydroxyl groups is 1. The number of carbonyl (C=O) groups is 3. The van der Waals surface area contributed by atoms with E-state index in [0.717, 1.165) is 10.5 Å². The minimum Gasteiger partial charge on any atom is -0.497 e. The van der Waals surface area contributed by atoms with E-state index in [1.54, 1.807) is 66.9 Å². The number of ether oxygens (including phenoxy) is 2. The highest BCUT2D eigenvalue weighted by Gasteiger charge is 2.57. The van der Waals surface area contributed by atoms with E-state index in [4.69, 9.17) is 13.9 Å². The van der Waals surface area contributed by atoms with Crippen molar-refractivity contribution in [3.05, 3.63) is 95.0 Å². The second kappa shape index (κ2) is 9.78. The molecule has 0 radical (unpaired) electrons. The number of rotatable bonds is 8. The Morgan fingerprint density at radius 3 is 2.67 bits per heavy atom. The van der Waals surface area contributed by atoms with E-state index >= 15 is 0 Å². The Morgan fingerprint density at radius 1 is 1.12 bits per heavy atom. The minimum atomic E-state index is -1.74. The molecule has 1 unspecified atom stereocenters. The van der Waals surface area contributed by atoms with E-state index in [9.17, 15) is 19.5 Å². The number of pyridine rings is 1. The van der Waals surface area contributed by atoms with Gasteiger partial charge >= 0.3 is 6.03 Å². The number of imide groups is 1.